The van der Waals surface area contributed by atoms with Gasteiger partial charge in [-0.15, -0.1) is 0 Å². The highest BCUT2D eigenvalue weighted by atomic mass is 35.5. The Labute approximate surface area is 145 Å². The van der Waals surface area contributed by atoms with E-state index in [0.29, 0.717) is 11.7 Å². The molecule has 0 saturated heterocycles. The van der Waals surface area contributed by atoms with E-state index in [1.54, 1.807) is 0 Å². The van der Waals surface area contributed by atoms with E-state index in [-0.39, 0.29) is 17.2 Å². The van der Waals surface area contributed by atoms with Crippen molar-refractivity contribution in [3.8, 4) is 5.75 Å². The molecular weight excluding hydrogens is 331 g/mol. The van der Waals surface area contributed by atoms with Gasteiger partial charge in [0.25, 0.3) is 5.91 Å². The van der Waals surface area contributed by atoms with Gasteiger partial charge in [-0.1, -0.05) is 43.6 Å². The summed E-state index contributed by atoms with van der Waals surface area (Å²) < 4.78 is 18.9. The average Bonchev–Trinajstić information content (AvgIpc) is 2.56. The molecule has 0 aliphatic carbocycles. The van der Waals surface area contributed by atoms with Gasteiger partial charge >= 0.3 is 0 Å². The van der Waals surface area contributed by atoms with E-state index in [0.717, 1.165) is 6.21 Å². The van der Waals surface area contributed by atoms with Gasteiger partial charge in [-0.05, 0) is 35.7 Å². The molecule has 4 nitrogen and oxygen atoms in total. The molecule has 2 aromatic rings. The molecule has 0 radical (unpaired) electrons. The third kappa shape index (κ3) is 5.06. The Bertz CT molecular complexity index is 710. The normalized spacial score (nSPS) is 11.0. The van der Waals surface area contributed by atoms with Crippen LogP contribution in [0.2, 0.25) is 5.02 Å². The Kier molecular flexibility index (Phi) is 6.32. The molecule has 1 amide bonds. The Morgan fingerprint density at radius 2 is 2.00 bits per heavy atom. The summed E-state index contributed by atoms with van der Waals surface area (Å²) in [6.07, 6.45) is 1.16. The van der Waals surface area contributed by atoms with Gasteiger partial charge in [0.15, 0.2) is 6.61 Å². The molecule has 0 aliphatic rings. The lowest BCUT2D eigenvalue weighted by atomic mass is 10.0. The van der Waals surface area contributed by atoms with E-state index in [1.807, 2.05) is 24.3 Å². The summed E-state index contributed by atoms with van der Waals surface area (Å²) in [5.41, 5.74) is 3.57. The first kappa shape index (κ1) is 17.9. The maximum atomic E-state index is 13.5. The van der Waals surface area contributed by atoms with Gasteiger partial charge in [-0.25, -0.2) is 9.82 Å². The van der Waals surface area contributed by atoms with Gasteiger partial charge in [0.05, 0.1) is 11.2 Å². The van der Waals surface area contributed by atoms with Gasteiger partial charge in [0.1, 0.15) is 11.6 Å². The molecular formula is C18H18ClFN2O2. The second-order valence-electron chi connectivity index (χ2n) is 5.44. The minimum atomic E-state index is -0.512. The fourth-order valence-corrected chi connectivity index (χ4v) is 2.14. The second-order valence-corrected chi connectivity index (χ2v) is 5.85. The predicted octanol–water partition coefficient (Wildman–Crippen LogP) is 4.13. The van der Waals surface area contributed by atoms with E-state index in [9.17, 15) is 9.18 Å². The van der Waals surface area contributed by atoms with Crippen LogP contribution in [0.3, 0.4) is 0 Å². The minimum absolute atomic E-state index is 0.115. The SMILES string of the molecule is CC(C)c1ccc(OCC(=O)N/N=C/c2c(F)cccc2Cl)cc1. The van der Waals surface area contributed by atoms with Gasteiger partial charge in [0, 0.05) is 5.56 Å². The lowest BCUT2D eigenvalue weighted by molar-refractivity contribution is -0.123. The number of hydrazone groups is 1. The number of halogens is 2. The summed E-state index contributed by atoms with van der Waals surface area (Å²) >= 11 is 5.85. The monoisotopic (exact) mass is 348 g/mol. The molecule has 0 atom stereocenters. The van der Waals surface area contributed by atoms with Gasteiger partial charge in [0.2, 0.25) is 0 Å². The quantitative estimate of drug-likeness (QED) is 0.630. The number of hydrogen-bond acceptors (Lipinski definition) is 3. The fraction of sp³-hybridized carbons (Fsp3) is 0.222. The van der Waals surface area contributed by atoms with Crippen molar-refractivity contribution >= 4 is 23.7 Å². The van der Waals surface area contributed by atoms with E-state index < -0.39 is 11.7 Å². The Morgan fingerprint density at radius 1 is 1.29 bits per heavy atom. The Hall–Kier alpha value is -2.40. The third-order valence-electron chi connectivity index (χ3n) is 3.30. The van der Waals surface area contributed by atoms with Crippen LogP contribution in [0.5, 0.6) is 5.75 Å². The smallest absolute Gasteiger partial charge is 0.277 e. The zero-order chi connectivity index (χ0) is 17.5. The van der Waals surface area contributed by atoms with Crippen molar-refractivity contribution < 1.29 is 13.9 Å². The lowest BCUT2D eigenvalue weighted by Crippen LogP contribution is -2.24. The number of nitrogens with zero attached hydrogens (tertiary/aromatic N) is 1. The van der Waals surface area contributed by atoms with E-state index in [4.69, 9.17) is 16.3 Å². The molecule has 0 aliphatic heterocycles. The number of rotatable bonds is 6. The van der Waals surface area contributed by atoms with Gasteiger partial charge in [-0.2, -0.15) is 5.10 Å². The number of carbonyl (C=O) groups is 1. The number of carbonyl (C=O) groups excluding carboxylic acids is 1. The number of ether oxygens (including phenoxy) is 1. The molecule has 0 spiro atoms. The first-order valence-corrected chi connectivity index (χ1v) is 7.84. The predicted molar refractivity (Wildman–Crippen MR) is 93.2 cm³/mol. The van der Waals surface area contributed by atoms with Crippen LogP contribution in [0.15, 0.2) is 47.6 Å². The summed E-state index contributed by atoms with van der Waals surface area (Å²) in [5, 5.41) is 3.90. The van der Waals surface area contributed by atoms with Crippen molar-refractivity contribution in [2.75, 3.05) is 6.61 Å². The maximum absolute atomic E-state index is 13.5. The number of amides is 1. The fourth-order valence-electron chi connectivity index (χ4n) is 1.93. The van der Waals surface area contributed by atoms with Crippen LogP contribution < -0.4 is 10.2 Å². The van der Waals surface area contributed by atoms with Crippen molar-refractivity contribution in [2.45, 2.75) is 19.8 Å². The zero-order valence-corrected chi connectivity index (χ0v) is 14.2. The van der Waals surface area contributed by atoms with E-state index in [2.05, 4.69) is 24.4 Å². The highest BCUT2D eigenvalue weighted by Gasteiger charge is 2.05. The topological polar surface area (TPSA) is 50.7 Å². The van der Waals surface area contributed by atoms with E-state index >= 15 is 0 Å². The number of nitrogens with one attached hydrogen (secondary N) is 1. The minimum Gasteiger partial charge on any atom is -0.484 e. The molecule has 2 rings (SSSR count). The molecule has 6 heteroatoms. The molecule has 1 N–H and O–H groups in total. The van der Waals surface area contributed by atoms with Gasteiger partial charge < -0.3 is 4.74 Å². The van der Waals surface area contributed by atoms with Crippen molar-refractivity contribution in [3.63, 3.8) is 0 Å². The van der Waals surface area contributed by atoms with Crippen molar-refractivity contribution in [1.82, 2.24) is 5.43 Å². The number of hydrogen-bond donors (Lipinski definition) is 1. The first-order chi connectivity index (χ1) is 11.5. The highest BCUT2D eigenvalue weighted by molar-refractivity contribution is 6.33. The maximum Gasteiger partial charge on any atom is 0.277 e. The highest BCUT2D eigenvalue weighted by Crippen LogP contribution is 2.18. The third-order valence-corrected chi connectivity index (χ3v) is 3.63. The molecule has 0 heterocycles. The zero-order valence-electron chi connectivity index (χ0n) is 13.4. The lowest BCUT2D eigenvalue weighted by Gasteiger charge is -2.08. The first-order valence-electron chi connectivity index (χ1n) is 7.46. The molecule has 126 valence electrons. The summed E-state index contributed by atoms with van der Waals surface area (Å²) in [7, 11) is 0. The largest absolute Gasteiger partial charge is 0.484 e. The van der Waals surface area contributed by atoms with Crippen molar-refractivity contribution in [2.24, 2.45) is 5.10 Å². The van der Waals surface area contributed by atoms with E-state index in [1.165, 1.54) is 23.8 Å². The molecule has 0 aromatic heterocycles. The van der Waals surface area contributed by atoms with Crippen LogP contribution in [0.25, 0.3) is 0 Å². The van der Waals surface area contributed by atoms with Crippen LogP contribution in [0.1, 0.15) is 30.9 Å². The summed E-state index contributed by atoms with van der Waals surface area (Å²) in [5.74, 6) is 0.0613. The molecule has 2 aromatic carbocycles. The molecule has 0 unspecified atom stereocenters. The molecule has 0 fully saturated rings. The van der Waals surface area contributed by atoms with Gasteiger partial charge in [-0.3, -0.25) is 4.79 Å². The van der Waals surface area contributed by atoms with Crippen LogP contribution in [-0.2, 0) is 4.79 Å². The molecule has 24 heavy (non-hydrogen) atoms. The van der Waals surface area contributed by atoms with Crippen LogP contribution in [-0.4, -0.2) is 18.7 Å². The van der Waals surface area contributed by atoms with Crippen molar-refractivity contribution in [3.05, 3.63) is 64.4 Å². The average molecular weight is 349 g/mol. The Balaban J connectivity index is 1.84. The standard InChI is InChI=1S/C18H18ClFN2O2/c1-12(2)13-6-8-14(9-7-13)24-11-18(23)22-21-10-15-16(19)4-3-5-17(15)20/h3-10,12H,11H2,1-2H3,(H,22,23)/b21-10+. The molecule has 0 saturated carbocycles. The Morgan fingerprint density at radius 3 is 2.62 bits per heavy atom. The van der Waals surface area contributed by atoms with Crippen LogP contribution in [0, 0.1) is 5.82 Å². The van der Waals surface area contributed by atoms with Crippen molar-refractivity contribution in [1.29, 1.82) is 0 Å². The van der Waals surface area contributed by atoms with Crippen LogP contribution in [0.4, 0.5) is 4.39 Å². The summed E-state index contributed by atoms with van der Waals surface area (Å²) in [4.78, 5) is 11.7. The summed E-state index contributed by atoms with van der Waals surface area (Å²) in [6, 6.07) is 11.8. The van der Waals surface area contributed by atoms with Crippen LogP contribution >= 0.6 is 11.6 Å². The summed E-state index contributed by atoms with van der Waals surface area (Å²) in [6.45, 7) is 4.01. The second kappa shape index (κ2) is 8.45. The molecule has 0 bridgehead atoms. The number of benzene rings is 2.